The molecule has 0 radical (unpaired) electrons. The first-order valence-corrected chi connectivity index (χ1v) is 12.0. The first-order chi connectivity index (χ1) is 17.0. The van der Waals surface area contributed by atoms with Crippen LogP contribution in [0.15, 0.2) is 53.3 Å². The first-order valence-electron chi connectivity index (χ1n) is 12.0. The van der Waals surface area contributed by atoms with E-state index in [1.54, 1.807) is 41.7 Å². The predicted octanol–water partition coefficient (Wildman–Crippen LogP) is 2.95. The van der Waals surface area contributed by atoms with E-state index in [0.717, 1.165) is 37.3 Å². The van der Waals surface area contributed by atoms with Crippen molar-refractivity contribution in [3.63, 3.8) is 0 Å². The summed E-state index contributed by atoms with van der Waals surface area (Å²) in [4.78, 5) is 27.7. The van der Waals surface area contributed by atoms with Crippen LogP contribution < -0.4 is 20.5 Å². The molecule has 1 amide bonds. The summed E-state index contributed by atoms with van der Waals surface area (Å²) in [6.45, 7) is 4.89. The molecule has 0 bridgehead atoms. The lowest BCUT2D eigenvalue weighted by Crippen LogP contribution is -2.39. The molecule has 186 valence electrons. The number of nitrogens with one attached hydrogen (secondary N) is 1. The van der Waals surface area contributed by atoms with Crippen molar-refractivity contribution in [2.24, 2.45) is 0 Å². The van der Waals surface area contributed by atoms with E-state index in [1.165, 1.54) is 0 Å². The molecule has 1 aliphatic heterocycles. The Morgan fingerprint density at radius 1 is 1.06 bits per heavy atom. The van der Waals surface area contributed by atoms with Gasteiger partial charge in [-0.1, -0.05) is 30.3 Å². The van der Waals surface area contributed by atoms with Crippen LogP contribution in [0.2, 0.25) is 0 Å². The van der Waals surface area contributed by atoms with Gasteiger partial charge in [0.1, 0.15) is 5.82 Å². The average Bonchev–Trinajstić information content (AvgIpc) is 3.19. The van der Waals surface area contributed by atoms with E-state index in [4.69, 9.17) is 14.6 Å². The van der Waals surface area contributed by atoms with Crippen molar-refractivity contribution in [1.82, 2.24) is 19.2 Å². The van der Waals surface area contributed by atoms with Crippen LogP contribution in [0.5, 0.6) is 11.5 Å². The Labute approximate surface area is 205 Å². The fourth-order valence-electron chi connectivity index (χ4n) is 4.58. The molecule has 1 aliphatic rings. The van der Waals surface area contributed by atoms with Gasteiger partial charge in [-0.25, -0.2) is 9.48 Å². The van der Waals surface area contributed by atoms with Crippen LogP contribution in [-0.2, 0) is 17.9 Å². The average molecular weight is 480 g/mol. The lowest BCUT2D eigenvalue weighted by molar-refractivity contribution is -0.117. The Bertz CT molecular complexity index is 1200. The normalized spacial score (nSPS) is 14.6. The summed E-state index contributed by atoms with van der Waals surface area (Å²) < 4.78 is 13.9. The number of anilines is 1. The molecule has 0 aliphatic carbocycles. The molecule has 9 nitrogen and oxygen atoms in total. The minimum atomic E-state index is -0.0757. The maximum absolute atomic E-state index is 12.9. The van der Waals surface area contributed by atoms with Crippen molar-refractivity contribution in [3.8, 4) is 11.5 Å². The van der Waals surface area contributed by atoms with Crippen LogP contribution in [0.3, 0.4) is 0 Å². The zero-order valence-electron chi connectivity index (χ0n) is 20.6. The second kappa shape index (κ2) is 11.2. The molecule has 1 fully saturated rings. The van der Waals surface area contributed by atoms with E-state index in [-0.39, 0.29) is 17.5 Å². The molecule has 0 atom stereocenters. The highest BCUT2D eigenvalue weighted by Gasteiger charge is 2.27. The lowest BCUT2D eigenvalue weighted by atomic mass is 9.96. The highest BCUT2D eigenvalue weighted by molar-refractivity contribution is 5.92. The third-order valence-corrected chi connectivity index (χ3v) is 6.43. The third kappa shape index (κ3) is 5.74. The Morgan fingerprint density at radius 3 is 2.43 bits per heavy atom. The van der Waals surface area contributed by atoms with Gasteiger partial charge in [0.05, 0.1) is 27.3 Å². The number of aromatic nitrogens is 3. The van der Waals surface area contributed by atoms with Crippen LogP contribution in [0.4, 0.5) is 5.69 Å². The highest BCUT2D eigenvalue weighted by atomic mass is 16.5. The topological polar surface area (TPSA) is 90.6 Å². The largest absolute Gasteiger partial charge is 0.493 e. The Morgan fingerprint density at radius 2 is 1.77 bits per heavy atom. The van der Waals surface area contributed by atoms with Gasteiger partial charge in [0.25, 0.3) is 0 Å². The van der Waals surface area contributed by atoms with Crippen LogP contribution in [0.1, 0.15) is 37.1 Å². The molecule has 0 unspecified atom stereocenters. The lowest BCUT2D eigenvalue weighted by Gasteiger charge is -2.31. The molecule has 1 aromatic heterocycles. The van der Waals surface area contributed by atoms with Crippen molar-refractivity contribution in [3.05, 3.63) is 70.4 Å². The van der Waals surface area contributed by atoms with E-state index >= 15 is 0 Å². The summed E-state index contributed by atoms with van der Waals surface area (Å²) >= 11 is 0. The van der Waals surface area contributed by atoms with E-state index in [2.05, 4.69) is 10.2 Å². The molecule has 1 N–H and O–H groups in total. The van der Waals surface area contributed by atoms with Crippen LogP contribution in [0.25, 0.3) is 0 Å². The Balaban J connectivity index is 1.35. The molecule has 4 rings (SSSR count). The standard InChI is InChI=1S/C26H33N5O4/c1-4-30-25(28-31(26(30)33)17-19-8-6-5-7-9-19)20-12-14-29(15-13-20)18-24(32)27-21-10-11-22(34-2)23(16-21)35-3/h5-11,16,20H,4,12-15,17-18H2,1-3H3,(H,27,32). The van der Waals surface area contributed by atoms with Crippen molar-refractivity contribution < 1.29 is 14.3 Å². The molecule has 1 saturated heterocycles. The first kappa shape index (κ1) is 24.5. The van der Waals surface area contributed by atoms with Gasteiger partial charge >= 0.3 is 5.69 Å². The van der Waals surface area contributed by atoms with Crippen molar-refractivity contribution in [2.75, 3.05) is 39.2 Å². The quantitative estimate of drug-likeness (QED) is 0.508. The number of rotatable bonds is 9. The second-order valence-electron chi connectivity index (χ2n) is 8.70. The minimum Gasteiger partial charge on any atom is -0.493 e. The number of amides is 1. The van der Waals surface area contributed by atoms with Gasteiger partial charge in [-0.3, -0.25) is 14.3 Å². The summed E-state index contributed by atoms with van der Waals surface area (Å²) in [7, 11) is 3.14. The summed E-state index contributed by atoms with van der Waals surface area (Å²) in [6, 6.07) is 15.2. The molecule has 0 saturated carbocycles. The van der Waals surface area contributed by atoms with E-state index in [0.29, 0.717) is 36.8 Å². The van der Waals surface area contributed by atoms with Gasteiger partial charge in [0.2, 0.25) is 5.91 Å². The minimum absolute atomic E-state index is 0.0666. The van der Waals surface area contributed by atoms with Crippen molar-refractivity contribution in [1.29, 1.82) is 0 Å². The van der Waals surface area contributed by atoms with Crippen LogP contribution >= 0.6 is 0 Å². The van der Waals surface area contributed by atoms with Gasteiger partial charge in [-0.2, -0.15) is 5.10 Å². The monoisotopic (exact) mass is 479 g/mol. The molecular weight excluding hydrogens is 446 g/mol. The highest BCUT2D eigenvalue weighted by Crippen LogP contribution is 2.30. The van der Waals surface area contributed by atoms with Crippen molar-refractivity contribution >= 4 is 11.6 Å². The van der Waals surface area contributed by atoms with Crippen LogP contribution in [0, 0.1) is 0 Å². The molecule has 0 spiro atoms. The van der Waals surface area contributed by atoms with E-state index in [9.17, 15) is 9.59 Å². The third-order valence-electron chi connectivity index (χ3n) is 6.43. The summed E-state index contributed by atoms with van der Waals surface area (Å²) in [5.74, 6) is 2.16. The van der Waals surface area contributed by atoms with E-state index < -0.39 is 0 Å². The Kier molecular flexibility index (Phi) is 7.87. The molecule has 2 aromatic carbocycles. The van der Waals surface area contributed by atoms with E-state index in [1.807, 2.05) is 37.3 Å². The summed E-state index contributed by atoms with van der Waals surface area (Å²) in [5.41, 5.74) is 1.65. The molecule has 2 heterocycles. The fourth-order valence-corrected chi connectivity index (χ4v) is 4.58. The van der Waals surface area contributed by atoms with Crippen molar-refractivity contribution in [2.45, 2.75) is 38.8 Å². The maximum atomic E-state index is 12.9. The smallest absolute Gasteiger partial charge is 0.346 e. The Hall–Kier alpha value is -3.59. The number of hydrogen-bond acceptors (Lipinski definition) is 6. The molecule has 3 aromatic rings. The second-order valence-corrected chi connectivity index (χ2v) is 8.70. The number of hydrogen-bond donors (Lipinski definition) is 1. The van der Waals surface area contributed by atoms with Gasteiger partial charge in [-0.15, -0.1) is 0 Å². The number of methoxy groups -OCH3 is 2. The number of likely N-dealkylation sites (tertiary alicyclic amines) is 1. The number of nitrogens with zero attached hydrogens (tertiary/aromatic N) is 4. The fraction of sp³-hybridized carbons (Fsp3) is 0.423. The summed E-state index contributed by atoms with van der Waals surface area (Å²) in [6.07, 6.45) is 1.71. The maximum Gasteiger partial charge on any atom is 0.346 e. The number of carbonyl (C=O) groups excluding carboxylic acids is 1. The SMILES string of the molecule is CCn1c(C2CCN(CC(=O)Nc3ccc(OC)c(OC)c3)CC2)nn(Cc2ccccc2)c1=O. The zero-order valence-corrected chi connectivity index (χ0v) is 20.6. The number of benzene rings is 2. The van der Waals surface area contributed by atoms with Gasteiger partial charge < -0.3 is 14.8 Å². The molecular formula is C26H33N5O4. The van der Waals surface area contributed by atoms with Gasteiger partial charge in [-0.05, 0) is 50.6 Å². The number of piperidine rings is 1. The predicted molar refractivity (Wildman–Crippen MR) is 134 cm³/mol. The number of carbonyl (C=O) groups is 1. The summed E-state index contributed by atoms with van der Waals surface area (Å²) in [5, 5.41) is 7.65. The van der Waals surface area contributed by atoms with Gasteiger partial charge in [0.15, 0.2) is 11.5 Å². The molecule has 35 heavy (non-hydrogen) atoms. The zero-order chi connectivity index (χ0) is 24.8. The van der Waals surface area contributed by atoms with Crippen LogP contribution in [-0.4, -0.2) is 59.0 Å². The molecule has 9 heteroatoms. The number of ether oxygens (including phenoxy) is 2. The van der Waals surface area contributed by atoms with Gasteiger partial charge in [0, 0.05) is 24.2 Å².